The number of imidazole rings is 1. The average molecular weight is 488 g/mol. The normalized spacial score (nSPS) is 11.3. The lowest BCUT2D eigenvalue weighted by atomic mass is 10.1. The molecule has 0 aliphatic carbocycles. The van der Waals surface area contributed by atoms with Crippen molar-refractivity contribution in [2.24, 2.45) is 0 Å². The number of carbonyl (C=O) groups is 1. The predicted octanol–water partition coefficient (Wildman–Crippen LogP) is 5.64. The molecule has 0 aliphatic heterocycles. The fourth-order valence-corrected chi connectivity index (χ4v) is 4.32. The molecule has 5 rings (SSSR count). The Bertz CT molecular complexity index is 1540. The van der Waals surface area contributed by atoms with Gasteiger partial charge in [-0.25, -0.2) is 18.7 Å². The lowest BCUT2D eigenvalue weighted by Crippen LogP contribution is -2.08. The number of hydrogen-bond acceptors (Lipinski definition) is 4. The number of nitrogens with zero attached hydrogens (tertiary/aromatic N) is 3. The Hall–Kier alpha value is -4.33. The summed E-state index contributed by atoms with van der Waals surface area (Å²) in [5, 5.41) is 9.67. The first-order chi connectivity index (χ1) is 17.4. The lowest BCUT2D eigenvalue weighted by Gasteiger charge is -2.10. The average Bonchev–Trinajstić information content (AvgIpc) is 3.44. The van der Waals surface area contributed by atoms with Gasteiger partial charge in [-0.1, -0.05) is 37.3 Å². The minimum atomic E-state index is -1.00. The second-order valence-electron chi connectivity index (χ2n) is 8.56. The second kappa shape index (κ2) is 9.73. The van der Waals surface area contributed by atoms with Crippen LogP contribution in [0.2, 0.25) is 0 Å². The zero-order valence-electron chi connectivity index (χ0n) is 19.5. The Morgan fingerprint density at radius 2 is 1.67 bits per heavy atom. The molecule has 0 unspecified atom stereocenters. The Balaban J connectivity index is 1.70. The molecule has 182 valence electrons. The monoisotopic (exact) mass is 487 g/mol. The van der Waals surface area contributed by atoms with Gasteiger partial charge >= 0.3 is 5.97 Å². The number of benzene rings is 2. The van der Waals surface area contributed by atoms with E-state index in [0.29, 0.717) is 46.2 Å². The summed E-state index contributed by atoms with van der Waals surface area (Å²) in [7, 11) is 0. The van der Waals surface area contributed by atoms with Crippen molar-refractivity contribution in [3.63, 3.8) is 0 Å². The van der Waals surface area contributed by atoms with Crippen molar-refractivity contribution in [2.75, 3.05) is 0 Å². The summed E-state index contributed by atoms with van der Waals surface area (Å²) in [5.41, 5.74) is 3.78. The van der Waals surface area contributed by atoms with E-state index in [1.54, 1.807) is 10.6 Å². The van der Waals surface area contributed by atoms with E-state index in [0.717, 1.165) is 23.8 Å². The van der Waals surface area contributed by atoms with E-state index in [4.69, 9.17) is 14.4 Å². The molecule has 1 N–H and O–H groups in total. The van der Waals surface area contributed by atoms with Crippen LogP contribution in [0.15, 0.2) is 71.3 Å². The first-order valence-electron chi connectivity index (χ1n) is 11.6. The van der Waals surface area contributed by atoms with E-state index in [2.05, 4.69) is 0 Å². The number of aromatic nitrogens is 3. The van der Waals surface area contributed by atoms with Crippen LogP contribution in [-0.4, -0.2) is 25.4 Å². The number of halogens is 2. The highest BCUT2D eigenvalue weighted by atomic mass is 19.1. The van der Waals surface area contributed by atoms with Crippen LogP contribution < -0.4 is 0 Å². The van der Waals surface area contributed by atoms with Gasteiger partial charge in [0.05, 0.1) is 35.6 Å². The van der Waals surface area contributed by atoms with Gasteiger partial charge < -0.3 is 9.52 Å². The van der Waals surface area contributed by atoms with Gasteiger partial charge in [-0.15, -0.1) is 0 Å². The zero-order chi connectivity index (χ0) is 25.2. The molecule has 0 bridgehead atoms. The molecule has 3 heterocycles. The Morgan fingerprint density at radius 1 is 0.944 bits per heavy atom. The van der Waals surface area contributed by atoms with Crippen molar-refractivity contribution in [1.29, 1.82) is 0 Å². The first-order valence-corrected chi connectivity index (χ1v) is 11.6. The molecule has 0 fully saturated rings. The highest BCUT2D eigenvalue weighted by Crippen LogP contribution is 2.26. The van der Waals surface area contributed by atoms with Crippen LogP contribution in [0.1, 0.15) is 41.1 Å². The van der Waals surface area contributed by atoms with Crippen molar-refractivity contribution < 1.29 is 23.1 Å². The van der Waals surface area contributed by atoms with Crippen LogP contribution in [0.4, 0.5) is 8.78 Å². The second-order valence-corrected chi connectivity index (χ2v) is 8.56. The third-order valence-corrected chi connectivity index (χ3v) is 5.95. The van der Waals surface area contributed by atoms with Gasteiger partial charge in [-0.3, -0.25) is 9.20 Å². The summed E-state index contributed by atoms with van der Waals surface area (Å²) in [6, 6.07) is 16.5. The molecule has 6 nitrogen and oxygen atoms in total. The molecule has 5 aromatic rings. The Morgan fingerprint density at radius 3 is 2.33 bits per heavy atom. The summed E-state index contributed by atoms with van der Waals surface area (Å²) in [6.07, 6.45) is 2.66. The number of aliphatic carboxylic acids is 1. The zero-order valence-corrected chi connectivity index (χ0v) is 19.5. The van der Waals surface area contributed by atoms with Gasteiger partial charge in [0.1, 0.15) is 23.2 Å². The Labute approximate surface area is 205 Å². The number of fused-ring (bicyclic) bond motifs is 1. The third-order valence-electron chi connectivity index (χ3n) is 5.95. The first kappa shape index (κ1) is 23.4. The van der Waals surface area contributed by atoms with Crippen LogP contribution >= 0.6 is 0 Å². The smallest absolute Gasteiger partial charge is 0.309 e. The van der Waals surface area contributed by atoms with E-state index >= 15 is 0 Å². The quantitative estimate of drug-likeness (QED) is 0.306. The lowest BCUT2D eigenvalue weighted by molar-refractivity contribution is -0.136. The van der Waals surface area contributed by atoms with Crippen molar-refractivity contribution in [2.45, 2.75) is 32.6 Å². The van der Waals surface area contributed by atoms with Crippen LogP contribution in [0.25, 0.3) is 16.9 Å². The number of hydrogen-bond donors (Lipinski definition) is 1. The van der Waals surface area contributed by atoms with Gasteiger partial charge in [0, 0.05) is 30.7 Å². The summed E-state index contributed by atoms with van der Waals surface area (Å²) >= 11 is 0. The molecule has 0 atom stereocenters. The molecule has 2 aromatic carbocycles. The molecule has 3 aromatic heterocycles. The maximum absolute atomic E-state index is 13.9. The van der Waals surface area contributed by atoms with Crippen LogP contribution in [-0.2, 0) is 30.5 Å². The fraction of sp³-hybridized carbons (Fsp3) is 0.179. The van der Waals surface area contributed by atoms with Gasteiger partial charge in [0.25, 0.3) is 0 Å². The summed E-state index contributed by atoms with van der Waals surface area (Å²) in [4.78, 5) is 21.4. The molecular formula is C28H23F2N3O3. The van der Waals surface area contributed by atoms with E-state index in [1.807, 2.05) is 49.4 Å². The van der Waals surface area contributed by atoms with E-state index < -0.39 is 17.6 Å². The number of furan rings is 1. The van der Waals surface area contributed by atoms with Crippen LogP contribution in [0.3, 0.4) is 0 Å². The standard InChI is InChI=1S/C28H23F2N3O3/c1-2-21-8-9-22(36-21)14-23-26(15-27(34)35)33-16-25(18-6-4-3-5-7-18)31-24(28(33)32-23)12-17-10-19(29)13-20(30)11-17/h3-11,13,16H,2,12,14-15H2,1H3,(H,34,35). The van der Waals surface area contributed by atoms with E-state index in [-0.39, 0.29) is 12.8 Å². The van der Waals surface area contributed by atoms with Crippen molar-refractivity contribution in [1.82, 2.24) is 14.4 Å². The Kier molecular flexibility index (Phi) is 6.33. The SMILES string of the molecule is CCc1ccc(Cc2nc3c(Cc4cc(F)cc(F)c4)nc(-c4ccccc4)cn3c2CC(=O)O)o1. The maximum atomic E-state index is 13.9. The molecular weight excluding hydrogens is 464 g/mol. The minimum absolute atomic E-state index is 0.114. The molecule has 0 saturated heterocycles. The van der Waals surface area contributed by atoms with Gasteiger partial charge in [-0.2, -0.15) is 0 Å². The van der Waals surface area contributed by atoms with Gasteiger partial charge in [-0.05, 0) is 29.8 Å². The number of carboxylic acids is 1. The molecule has 8 heteroatoms. The van der Waals surface area contributed by atoms with Gasteiger partial charge in [0.2, 0.25) is 0 Å². The maximum Gasteiger partial charge on any atom is 0.309 e. The summed E-state index contributed by atoms with van der Waals surface area (Å²) < 4.78 is 35.4. The van der Waals surface area contributed by atoms with Crippen molar-refractivity contribution >= 4 is 11.6 Å². The molecule has 0 aliphatic rings. The van der Waals surface area contributed by atoms with E-state index in [9.17, 15) is 18.7 Å². The van der Waals surface area contributed by atoms with Crippen molar-refractivity contribution in [3.8, 4) is 11.3 Å². The molecule has 36 heavy (non-hydrogen) atoms. The molecule has 0 spiro atoms. The topological polar surface area (TPSA) is 80.6 Å². The van der Waals surface area contributed by atoms with Gasteiger partial charge in [0.15, 0.2) is 5.65 Å². The summed E-state index contributed by atoms with van der Waals surface area (Å²) in [5.74, 6) is -0.860. The highest BCUT2D eigenvalue weighted by molar-refractivity contribution is 5.71. The number of carboxylic acid groups (broad SMARTS) is 1. The summed E-state index contributed by atoms with van der Waals surface area (Å²) in [6.45, 7) is 1.99. The molecule has 0 radical (unpaired) electrons. The molecule has 0 saturated carbocycles. The molecule has 0 amide bonds. The highest BCUT2D eigenvalue weighted by Gasteiger charge is 2.21. The number of aryl methyl sites for hydroxylation is 1. The van der Waals surface area contributed by atoms with E-state index in [1.165, 1.54) is 12.1 Å². The minimum Gasteiger partial charge on any atom is -0.481 e. The van der Waals surface area contributed by atoms with Crippen molar-refractivity contribution in [3.05, 3.63) is 113 Å². The third kappa shape index (κ3) is 4.88. The predicted molar refractivity (Wildman–Crippen MR) is 130 cm³/mol. The van der Waals surface area contributed by atoms with Crippen LogP contribution in [0, 0.1) is 11.6 Å². The fourth-order valence-electron chi connectivity index (χ4n) is 4.32. The largest absolute Gasteiger partial charge is 0.481 e. The van der Waals surface area contributed by atoms with Crippen LogP contribution in [0.5, 0.6) is 0 Å². The number of rotatable bonds is 8.